The Morgan fingerprint density at radius 2 is 1.60 bits per heavy atom. The number of halogens is 3. The average molecular weight is 373 g/mol. The number of rotatable bonds is 6. The molecule has 0 aliphatic carbocycles. The van der Waals surface area contributed by atoms with Gasteiger partial charge < -0.3 is 4.74 Å². The van der Waals surface area contributed by atoms with E-state index in [1.165, 1.54) is 24.3 Å². The molecule has 0 saturated carbocycles. The highest BCUT2D eigenvalue weighted by Crippen LogP contribution is 2.30. The fourth-order valence-electron chi connectivity index (χ4n) is 2.21. The molecule has 0 radical (unpaired) electrons. The second kappa shape index (κ2) is 7.45. The molecule has 0 fully saturated rings. The summed E-state index contributed by atoms with van der Waals surface area (Å²) in [5.74, 6) is 0.553. The summed E-state index contributed by atoms with van der Waals surface area (Å²) in [6, 6.07) is 9.59. The monoisotopic (exact) mass is 373 g/mol. The van der Waals surface area contributed by atoms with E-state index in [4.69, 9.17) is 4.74 Å². The largest absolute Gasteiger partial charge is 0.494 e. The zero-order chi connectivity index (χ0) is 18.7. The number of hydrogen-bond acceptors (Lipinski definition) is 3. The lowest BCUT2D eigenvalue weighted by atomic mass is 10.1. The van der Waals surface area contributed by atoms with Crippen molar-refractivity contribution in [2.24, 2.45) is 0 Å². The molecule has 0 spiro atoms. The number of hydrogen-bond donors (Lipinski definition) is 1. The predicted octanol–water partition coefficient (Wildman–Crippen LogP) is 4.14. The van der Waals surface area contributed by atoms with E-state index in [9.17, 15) is 21.6 Å². The molecule has 0 bridgehead atoms. The number of benzene rings is 2. The molecule has 4 nitrogen and oxygen atoms in total. The second-order valence-electron chi connectivity index (χ2n) is 5.37. The summed E-state index contributed by atoms with van der Waals surface area (Å²) >= 11 is 0. The quantitative estimate of drug-likeness (QED) is 0.828. The standard InChI is InChI=1S/C17H18F3NO3S/c1-3-24-15-8-10-16(11-9-15)25(22,23)21-12(2)13-4-6-14(7-5-13)17(18,19)20/h4-12,21H,3H2,1-2H3. The summed E-state index contributed by atoms with van der Waals surface area (Å²) in [5, 5.41) is 0. The van der Waals surface area contributed by atoms with E-state index in [1.807, 2.05) is 6.92 Å². The van der Waals surface area contributed by atoms with Gasteiger partial charge >= 0.3 is 6.18 Å². The summed E-state index contributed by atoms with van der Waals surface area (Å²) < 4.78 is 70.2. The van der Waals surface area contributed by atoms with Crippen molar-refractivity contribution < 1.29 is 26.3 Å². The first-order valence-electron chi connectivity index (χ1n) is 7.56. The van der Waals surface area contributed by atoms with E-state index < -0.39 is 27.8 Å². The first-order valence-corrected chi connectivity index (χ1v) is 9.04. The van der Waals surface area contributed by atoms with Crippen molar-refractivity contribution in [3.8, 4) is 5.75 Å². The van der Waals surface area contributed by atoms with Crippen LogP contribution < -0.4 is 9.46 Å². The van der Waals surface area contributed by atoms with Gasteiger partial charge in [0.2, 0.25) is 10.0 Å². The van der Waals surface area contributed by atoms with Crippen molar-refractivity contribution in [2.45, 2.75) is 31.0 Å². The van der Waals surface area contributed by atoms with Gasteiger partial charge in [0.25, 0.3) is 0 Å². The molecule has 0 aromatic heterocycles. The van der Waals surface area contributed by atoms with Crippen LogP contribution in [0.4, 0.5) is 13.2 Å². The molecular formula is C17H18F3NO3S. The summed E-state index contributed by atoms with van der Waals surface area (Å²) in [4.78, 5) is 0.0507. The summed E-state index contributed by atoms with van der Waals surface area (Å²) in [5.41, 5.74) is -0.347. The summed E-state index contributed by atoms with van der Waals surface area (Å²) in [7, 11) is -3.81. The average Bonchev–Trinajstić information content (AvgIpc) is 2.54. The number of sulfonamides is 1. The van der Waals surface area contributed by atoms with Crippen LogP contribution in [0.5, 0.6) is 5.75 Å². The minimum absolute atomic E-state index is 0.0507. The van der Waals surface area contributed by atoms with E-state index in [1.54, 1.807) is 19.1 Å². The van der Waals surface area contributed by atoms with Crippen LogP contribution in [-0.2, 0) is 16.2 Å². The maximum atomic E-state index is 12.6. The third-order valence-corrected chi connectivity index (χ3v) is 5.07. The minimum atomic E-state index is -4.43. The van der Waals surface area contributed by atoms with Crippen LogP contribution in [0.3, 0.4) is 0 Å². The smallest absolute Gasteiger partial charge is 0.416 e. The lowest BCUT2D eigenvalue weighted by Gasteiger charge is -2.16. The summed E-state index contributed by atoms with van der Waals surface area (Å²) in [6.07, 6.45) is -4.43. The molecule has 0 aliphatic rings. The predicted molar refractivity (Wildman–Crippen MR) is 87.8 cm³/mol. The molecule has 0 heterocycles. The van der Waals surface area contributed by atoms with E-state index in [0.29, 0.717) is 17.9 Å². The van der Waals surface area contributed by atoms with E-state index in [2.05, 4.69) is 4.72 Å². The molecule has 0 amide bonds. The molecular weight excluding hydrogens is 355 g/mol. The van der Waals surface area contributed by atoms with Crippen molar-refractivity contribution in [1.29, 1.82) is 0 Å². The molecule has 2 aromatic carbocycles. The van der Waals surface area contributed by atoms with Crippen LogP contribution in [0.25, 0.3) is 0 Å². The highest BCUT2D eigenvalue weighted by atomic mass is 32.2. The molecule has 25 heavy (non-hydrogen) atoms. The van der Waals surface area contributed by atoms with Crippen molar-refractivity contribution in [3.63, 3.8) is 0 Å². The molecule has 1 unspecified atom stereocenters. The topological polar surface area (TPSA) is 55.4 Å². The zero-order valence-electron chi connectivity index (χ0n) is 13.7. The van der Waals surface area contributed by atoms with Crippen LogP contribution in [0.1, 0.15) is 31.0 Å². The lowest BCUT2D eigenvalue weighted by molar-refractivity contribution is -0.137. The van der Waals surface area contributed by atoms with Crippen molar-refractivity contribution in [2.75, 3.05) is 6.61 Å². The maximum Gasteiger partial charge on any atom is 0.416 e. The first kappa shape index (κ1) is 19.3. The maximum absolute atomic E-state index is 12.6. The number of ether oxygens (including phenoxy) is 1. The van der Waals surface area contributed by atoms with Gasteiger partial charge in [-0.25, -0.2) is 13.1 Å². The Morgan fingerprint density at radius 3 is 2.08 bits per heavy atom. The van der Waals surface area contributed by atoms with Crippen LogP contribution in [0.15, 0.2) is 53.4 Å². The van der Waals surface area contributed by atoms with Gasteiger partial charge in [-0.1, -0.05) is 12.1 Å². The van der Waals surface area contributed by atoms with Gasteiger partial charge in [0.1, 0.15) is 5.75 Å². The Labute approximate surface area is 144 Å². The van der Waals surface area contributed by atoms with Gasteiger partial charge in [-0.3, -0.25) is 0 Å². The van der Waals surface area contributed by atoms with Crippen LogP contribution in [0, 0.1) is 0 Å². The summed E-state index contributed by atoms with van der Waals surface area (Å²) in [6.45, 7) is 3.85. The van der Waals surface area contributed by atoms with E-state index >= 15 is 0 Å². The van der Waals surface area contributed by atoms with Gasteiger partial charge in [-0.05, 0) is 55.8 Å². The van der Waals surface area contributed by atoms with E-state index in [0.717, 1.165) is 12.1 Å². The molecule has 1 atom stereocenters. The minimum Gasteiger partial charge on any atom is -0.494 e. The molecule has 8 heteroatoms. The Hall–Kier alpha value is -2.06. The Kier molecular flexibility index (Phi) is 5.74. The third kappa shape index (κ3) is 4.96. The Morgan fingerprint density at radius 1 is 1.04 bits per heavy atom. The zero-order valence-corrected chi connectivity index (χ0v) is 14.5. The third-order valence-electron chi connectivity index (χ3n) is 3.51. The number of nitrogens with one attached hydrogen (secondary N) is 1. The van der Waals surface area contributed by atoms with Gasteiger partial charge in [-0.2, -0.15) is 13.2 Å². The lowest BCUT2D eigenvalue weighted by Crippen LogP contribution is -2.27. The first-order chi connectivity index (χ1) is 11.6. The van der Waals surface area contributed by atoms with Crippen molar-refractivity contribution >= 4 is 10.0 Å². The normalized spacial score (nSPS) is 13.5. The van der Waals surface area contributed by atoms with E-state index in [-0.39, 0.29) is 4.90 Å². The van der Waals surface area contributed by atoms with Crippen LogP contribution in [-0.4, -0.2) is 15.0 Å². The Bertz CT molecular complexity index is 801. The van der Waals surface area contributed by atoms with Gasteiger partial charge in [0.05, 0.1) is 17.1 Å². The second-order valence-corrected chi connectivity index (χ2v) is 7.08. The van der Waals surface area contributed by atoms with Gasteiger partial charge in [0.15, 0.2) is 0 Å². The highest BCUT2D eigenvalue weighted by molar-refractivity contribution is 7.89. The van der Waals surface area contributed by atoms with Crippen molar-refractivity contribution in [1.82, 2.24) is 4.72 Å². The van der Waals surface area contributed by atoms with Crippen molar-refractivity contribution in [3.05, 3.63) is 59.7 Å². The highest BCUT2D eigenvalue weighted by Gasteiger charge is 2.30. The fraction of sp³-hybridized carbons (Fsp3) is 0.294. The fourth-order valence-corrected chi connectivity index (χ4v) is 3.44. The molecule has 1 N–H and O–H groups in total. The number of alkyl halides is 3. The van der Waals surface area contributed by atoms with Crippen LogP contribution >= 0.6 is 0 Å². The molecule has 2 aromatic rings. The van der Waals surface area contributed by atoms with Crippen LogP contribution in [0.2, 0.25) is 0 Å². The Balaban J connectivity index is 2.14. The molecule has 136 valence electrons. The molecule has 0 saturated heterocycles. The molecule has 2 rings (SSSR count). The van der Waals surface area contributed by atoms with Gasteiger partial charge in [-0.15, -0.1) is 0 Å². The molecule has 0 aliphatic heterocycles. The SMILES string of the molecule is CCOc1ccc(S(=O)(=O)NC(C)c2ccc(C(F)(F)F)cc2)cc1. The van der Waals surface area contributed by atoms with Gasteiger partial charge in [0, 0.05) is 6.04 Å².